The highest BCUT2D eigenvalue weighted by Crippen LogP contribution is 2.19. The quantitative estimate of drug-likeness (QED) is 0.457. The molecule has 0 amide bonds. The van der Waals surface area contributed by atoms with Crippen molar-refractivity contribution in [1.82, 2.24) is 0 Å². The number of hydrogen-bond acceptors (Lipinski definition) is 1. The van der Waals surface area contributed by atoms with Crippen molar-refractivity contribution in [2.45, 2.75) is 0 Å². The Kier molecular flexibility index (Phi) is 1.40. The van der Waals surface area contributed by atoms with E-state index in [0.29, 0.717) is 0 Å². The summed E-state index contributed by atoms with van der Waals surface area (Å²) in [5, 5.41) is 10.5. The number of aromatic nitrogens is 1. The van der Waals surface area contributed by atoms with Gasteiger partial charge in [0.05, 0.1) is 6.20 Å². The fraction of sp³-hybridized carbons (Fsp3) is 0. The molecule has 0 saturated carbocycles. The second kappa shape index (κ2) is 2.41. The van der Waals surface area contributed by atoms with E-state index in [0.717, 1.165) is 10.9 Å². The number of rotatable bonds is 0. The van der Waals surface area contributed by atoms with E-state index >= 15 is 0 Å². The van der Waals surface area contributed by atoms with Crippen LogP contribution >= 0.6 is 0 Å². The van der Waals surface area contributed by atoms with Gasteiger partial charge in [0.2, 0.25) is 0 Å². The third-order valence-electron chi connectivity index (χ3n) is 1.87. The molecule has 0 radical (unpaired) electrons. The Bertz CT molecular complexity index is 386. The molecule has 0 atom stereocenters. The average molecular weight is 159 g/mol. The Morgan fingerprint density at radius 2 is 1.92 bits per heavy atom. The number of aromatic hydroxyl groups is 1. The normalized spacial score (nSPS) is 10.3. The Morgan fingerprint density at radius 1 is 1.17 bits per heavy atom. The highest BCUT2D eigenvalue weighted by atomic mass is 16.3. The number of hydrogen-bond donors (Lipinski definition) is 1. The Labute approximate surface area is 70.7 Å². The minimum absolute atomic E-state index is 0.267. The molecule has 0 aliphatic rings. The molecular formula is C10H9NO. The first-order valence-corrected chi connectivity index (χ1v) is 3.72. The van der Waals surface area contributed by atoms with E-state index in [1.165, 1.54) is 0 Å². The number of nitrogens with zero attached hydrogens (tertiary/aromatic N) is 1. The van der Waals surface area contributed by atoms with Crippen molar-refractivity contribution < 1.29 is 9.67 Å². The molecule has 1 aromatic carbocycles. The van der Waals surface area contributed by atoms with Gasteiger partial charge in [-0.1, -0.05) is 24.3 Å². The van der Waals surface area contributed by atoms with Crippen molar-refractivity contribution in [2.24, 2.45) is 0 Å². The van der Waals surface area contributed by atoms with Gasteiger partial charge >= 0.3 is 0 Å². The predicted molar refractivity (Wildman–Crippen MR) is 46.6 cm³/mol. The van der Waals surface area contributed by atoms with E-state index in [2.05, 4.69) is 7.05 Å². The third kappa shape index (κ3) is 0.889. The molecule has 2 nitrogen and oxygen atoms in total. The molecule has 0 unspecified atom stereocenters. The molecule has 60 valence electrons. The van der Waals surface area contributed by atoms with Crippen molar-refractivity contribution in [3.8, 4) is 5.75 Å². The number of phenolic OH excluding ortho intramolecular Hbond substituents is 1. The highest BCUT2D eigenvalue weighted by Gasteiger charge is 2.00. The molecular weight excluding hydrogens is 150 g/mol. The van der Waals surface area contributed by atoms with E-state index in [-0.39, 0.29) is 5.75 Å². The molecule has 12 heavy (non-hydrogen) atoms. The molecule has 0 aliphatic heterocycles. The van der Waals surface area contributed by atoms with Crippen LogP contribution in [0.2, 0.25) is 0 Å². The fourth-order valence-electron chi connectivity index (χ4n) is 1.32. The lowest BCUT2D eigenvalue weighted by atomic mass is 10.2. The van der Waals surface area contributed by atoms with E-state index < -0.39 is 0 Å². The lowest BCUT2D eigenvalue weighted by Gasteiger charge is -2.04. The maximum Gasteiger partial charge on any atom is 0.153 e. The molecule has 2 rings (SSSR count). The second-order valence-corrected chi connectivity index (χ2v) is 2.69. The lowest BCUT2D eigenvalue weighted by Crippen LogP contribution is -2.25. The minimum Gasteiger partial charge on any atom is -0.514 e. The summed E-state index contributed by atoms with van der Waals surface area (Å²) >= 11 is 0. The van der Waals surface area contributed by atoms with Crippen molar-refractivity contribution in [1.29, 1.82) is 0 Å². The molecule has 0 saturated heterocycles. The summed E-state index contributed by atoms with van der Waals surface area (Å²) in [5.41, 5.74) is 0.764. The summed E-state index contributed by atoms with van der Waals surface area (Å²) < 4.78 is 1.66. The van der Waals surface area contributed by atoms with E-state index in [9.17, 15) is 5.11 Å². The first kappa shape index (κ1) is 6.98. The van der Waals surface area contributed by atoms with E-state index in [1.807, 2.05) is 30.5 Å². The number of pyridine rings is 1. The molecule has 0 spiro atoms. The molecule has 1 heterocycles. The summed E-state index contributed by atoms with van der Waals surface area (Å²) in [4.78, 5) is 0. The van der Waals surface area contributed by atoms with Crippen LogP contribution in [0.3, 0.4) is 0 Å². The standard InChI is InChI=1S/C10H9NO/c1-11-7-3-5-8-4-2-6-9(12)10(8)11/h2-7,12H,1H2. The zero-order valence-electron chi connectivity index (χ0n) is 6.57. The van der Waals surface area contributed by atoms with Crippen LogP contribution in [0.1, 0.15) is 0 Å². The van der Waals surface area contributed by atoms with Crippen LogP contribution in [0.4, 0.5) is 0 Å². The fourth-order valence-corrected chi connectivity index (χ4v) is 1.32. The monoisotopic (exact) mass is 159 g/mol. The van der Waals surface area contributed by atoms with Gasteiger partial charge in [-0.05, 0) is 11.5 Å². The highest BCUT2D eigenvalue weighted by molar-refractivity contribution is 5.80. The first-order valence-electron chi connectivity index (χ1n) is 3.72. The van der Waals surface area contributed by atoms with Crippen molar-refractivity contribution in [3.63, 3.8) is 0 Å². The van der Waals surface area contributed by atoms with Gasteiger partial charge in [-0.2, -0.15) is 0 Å². The third-order valence-corrected chi connectivity index (χ3v) is 1.87. The summed E-state index contributed by atoms with van der Waals surface area (Å²) in [6.07, 6.45) is 1.81. The van der Waals surface area contributed by atoms with Crippen LogP contribution in [0.5, 0.6) is 5.75 Å². The molecule has 0 aliphatic carbocycles. The summed E-state index contributed by atoms with van der Waals surface area (Å²) in [6, 6.07) is 9.25. The zero-order chi connectivity index (χ0) is 8.55. The van der Waals surface area contributed by atoms with Gasteiger partial charge in [-0.25, -0.2) is 0 Å². The summed E-state index contributed by atoms with van der Waals surface area (Å²) in [7, 11) is 3.77. The molecule has 1 aromatic heterocycles. The first-order chi connectivity index (χ1) is 5.79. The molecule has 2 heteroatoms. The molecule has 0 bridgehead atoms. The molecule has 1 N–H and O–H groups in total. The van der Waals surface area contributed by atoms with Crippen molar-refractivity contribution in [2.75, 3.05) is 0 Å². The van der Waals surface area contributed by atoms with Crippen LogP contribution in [-0.4, -0.2) is 5.11 Å². The Morgan fingerprint density at radius 3 is 2.67 bits per heavy atom. The van der Waals surface area contributed by atoms with Gasteiger partial charge in [0.1, 0.15) is 5.75 Å². The summed E-state index contributed by atoms with van der Waals surface area (Å²) in [6.45, 7) is 0. The topological polar surface area (TPSA) is 24.1 Å². The number of para-hydroxylation sites is 1. The van der Waals surface area contributed by atoms with Gasteiger partial charge in [0, 0.05) is 7.05 Å². The van der Waals surface area contributed by atoms with Crippen LogP contribution in [0.15, 0.2) is 36.5 Å². The second-order valence-electron chi connectivity index (χ2n) is 2.69. The van der Waals surface area contributed by atoms with Gasteiger partial charge < -0.3 is 9.67 Å². The Balaban J connectivity index is 2.96. The van der Waals surface area contributed by atoms with Crippen LogP contribution < -0.4 is 4.57 Å². The minimum atomic E-state index is 0.267. The number of phenols is 1. The number of benzene rings is 1. The van der Waals surface area contributed by atoms with Gasteiger partial charge in [0.25, 0.3) is 0 Å². The van der Waals surface area contributed by atoms with Crippen molar-refractivity contribution >= 4 is 10.9 Å². The number of fused-ring (bicyclic) bond motifs is 1. The molecule has 2 aromatic rings. The van der Waals surface area contributed by atoms with Crippen LogP contribution in [0, 0.1) is 7.05 Å². The van der Waals surface area contributed by atoms with Crippen LogP contribution in [0.25, 0.3) is 10.9 Å². The van der Waals surface area contributed by atoms with Gasteiger partial charge in [0.15, 0.2) is 5.52 Å². The van der Waals surface area contributed by atoms with Gasteiger partial charge in [-0.15, -0.1) is 0 Å². The lowest BCUT2D eigenvalue weighted by molar-refractivity contribution is -0.584. The zero-order valence-corrected chi connectivity index (χ0v) is 6.57. The SMILES string of the molecule is [CH2-][n+]1cccc2cccc(O)c21. The summed E-state index contributed by atoms with van der Waals surface area (Å²) in [5.74, 6) is 0.267. The van der Waals surface area contributed by atoms with E-state index in [1.54, 1.807) is 10.6 Å². The maximum atomic E-state index is 9.49. The predicted octanol–water partition coefficient (Wildman–Crippen LogP) is 1.47. The van der Waals surface area contributed by atoms with Crippen LogP contribution in [-0.2, 0) is 0 Å². The smallest absolute Gasteiger partial charge is 0.153 e. The maximum absolute atomic E-state index is 9.49. The van der Waals surface area contributed by atoms with Gasteiger partial charge in [-0.3, -0.25) is 0 Å². The van der Waals surface area contributed by atoms with E-state index in [4.69, 9.17) is 0 Å². The molecule has 0 fully saturated rings. The van der Waals surface area contributed by atoms with Crippen molar-refractivity contribution in [3.05, 3.63) is 43.6 Å². The average Bonchev–Trinajstić information content (AvgIpc) is 2.04. The Hall–Kier alpha value is -1.70. The largest absolute Gasteiger partial charge is 0.514 e.